The first kappa shape index (κ1) is 17.9. The lowest BCUT2D eigenvalue weighted by atomic mass is 10.1. The van der Waals surface area contributed by atoms with E-state index in [4.69, 9.17) is 5.73 Å². The number of hydrogen-bond donors (Lipinski definition) is 2. The molecule has 2 aliphatic rings. The van der Waals surface area contributed by atoms with Gasteiger partial charge in [-0.25, -0.2) is 9.97 Å². The fourth-order valence-corrected chi connectivity index (χ4v) is 3.83. The highest BCUT2D eigenvalue weighted by molar-refractivity contribution is 5.89. The number of nitrogens with two attached hydrogens (primary N) is 1. The highest BCUT2D eigenvalue weighted by atomic mass is 16.1. The van der Waals surface area contributed by atoms with Crippen molar-refractivity contribution in [1.29, 1.82) is 0 Å². The Morgan fingerprint density at radius 3 is 2.74 bits per heavy atom. The van der Waals surface area contributed by atoms with Crippen molar-refractivity contribution in [3.05, 3.63) is 47.2 Å². The molecule has 0 radical (unpaired) electrons. The minimum Gasteiger partial charge on any atom is -0.363 e. The van der Waals surface area contributed by atoms with Crippen molar-refractivity contribution in [1.82, 2.24) is 20.3 Å². The Labute approximate surface area is 159 Å². The van der Waals surface area contributed by atoms with E-state index in [-0.39, 0.29) is 5.82 Å². The molecular weight excluding hydrogens is 340 g/mol. The monoisotopic (exact) mass is 366 g/mol. The number of carbonyl (C=O) groups is 1. The van der Waals surface area contributed by atoms with Crippen molar-refractivity contribution in [3.8, 4) is 0 Å². The number of nitrogens with one attached hydrogen (secondary N) is 1. The first-order valence-electron chi connectivity index (χ1n) is 9.60. The lowest BCUT2D eigenvalue weighted by Crippen LogP contribution is -2.37. The summed E-state index contributed by atoms with van der Waals surface area (Å²) in [6, 6.07) is 6.80. The maximum absolute atomic E-state index is 11.5. The van der Waals surface area contributed by atoms with Crippen LogP contribution in [0.1, 0.15) is 52.9 Å². The number of amides is 1. The van der Waals surface area contributed by atoms with Crippen molar-refractivity contribution < 1.29 is 4.79 Å². The third-order valence-corrected chi connectivity index (χ3v) is 5.59. The van der Waals surface area contributed by atoms with Gasteiger partial charge in [0.05, 0.1) is 11.7 Å². The van der Waals surface area contributed by atoms with Crippen LogP contribution in [0.3, 0.4) is 0 Å². The van der Waals surface area contributed by atoms with Gasteiger partial charge in [-0.15, -0.1) is 0 Å². The molecule has 1 saturated heterocycles. The lowest BCUT2D eigenvalue weighted by Gasteiger charge is -2.24. The predicted octanol–water partition coefficient (Wildman–Crippen LogP) is 1.91. The molecule has 142 valence electrons. The fraction of sp³-hybridized carbons (Fsp3) is 0.500. The number of primary amides is 1. The van der Waals surface area contributed by atoms with Gasteiger partial charge in [0.2, 0.25) is 5.82 Å². The molecule has 4 rings (SSSR count). The molecule has 0 aromatic carbocycles. The largest absolute Gasteiger partial charge is 0.363 e. The van der Waals surface area contributed by atoms with Crippen molar-refractivity contribution in [2.75, 3.05) is 18.0 Å². The summed E-state index contributed by atoms with van der Waals surface area (Å²) in [6.07, 6.45) is 5.42. The Morgan fingerprint density at radius 2 is 2.07 bits per heavy atom. The van der Waals surface area contributed by atoms with Gasteiger partial charge in [-0.05, 0) is 51.2 Å². The van der Waals surface area contributed by atoms with E-state index in [2.05, 4.69) is 37.3 Å². The standard InChI is InChI=1S/C20H26N6O/c1-12-13(2)23-19(18(21)27)25-20(12)26-10-8-15(11-26)24-17(14-6-7-14)16-5-3-4-9-22-16/h3-5,9,14-15,17,24H,6-8,10-11H2,1-2H3,(H2,21,27)/t15-,17?/m1/s1. The molecule has 1 amide bonds. The van der Waals surface area contributed by atoms with Crippen LogP contribution in [0.4, 0.5) is 5.82 Å². The van der Waals surface area contributed by atoms with Crippen molar-refractivity contribution in [2.24, 2.45) is 11.7 Å². The van der Waals surface area contributed by atoms with Gasteiger partial charge in [0.15, 0.2) is 0 Å². The zero-order valence-electron chi connectivity index (χ0n) is 15.9. The highest BCUT2D eigenvalue weighted by Crippen LogP contribution is 2.41. The number of rotatable bonds is 6. The average Bonchev–Trinajstić information content (AvgIpc) is 3.40. The molecular formula is C20H26N6O. The van der Waals surface area contributed by atoms with Crippen LogP contribution in [0.2, 0.25) is 0 Å². The van der Waals surface area contributed by atoms with Gasteiger partial charge in [0.25, 0.3) is 5.91 Å². The number of anilines is 1. The van der Waals surface area contributed by atoms with Gasteiger partial charge in [-0.3, -0.25) is 9.78 Å². The number of hydrogen-bond acceptors (Lipinski definition) is 6. The number of pyridine rings is 1. The van der Waals surface area contributed by atoms with Crippen LogP contribution in [0.25, 0.3) is 0 Å². The molecule has 3 N–H and O–H groups in total. The van der Waals surface area contributed by atoms with E-state index < -0.39 is 5.91 Å². The molecule has 0 bridgehead atoms. The summed E-state index contributed by atoms with van der Waals surface area (Å²) in [5, 5.41) is 3.83. The van der Waals surface area contributed by atoms with Crippen LogP contribution < -0.4 is 16.0 Å². The van der Waals surface area contributed by atoms with Crippen molar-refractivity contribution in [3.63, 3.8) is 0 Å². The molecule has 2 atom stereocenters. The molecule has 3 heterocycles. The highest BCUT2D eigenvalue weighted by Gasteiger charge is 2.36. The first-order chi connectivity index (χ1) is 13.0. The van der Waals surface area contributed by atoms with E-state index >= 15 is 0 Å². The normalized spacial score (nSPS) is 20.7. The second-order valence-electron chi connectivity index (χ2n) is 7.61. The molecule has 1 unspecified atom stereocenters. The number of aromatic nitrogens is 3. The molecule has 2 fully saturated rings. The van der Waals surface area contributed by atoms with Crippen molar-refractivity contribution in [2.45, 2.75) is 45.2 Å². The second-order valence-corrected chi connectivity index (χ2v) is 7.61. The minimum absolute atomic E-state index is 0.0915. The molecule has 27 heavy (non-hydrogen) atoms. The Hall–Kier alpha value is -2.54. The second kappa shape index (κ2) is 7.23. The van der Waals surface area contributed by atoms with Crippen LogP contribution in [0.15, 0.2) is 24.4 Å². The van der Waals surface area contributed by atoms with Crippen LogP contribution in [0.5, 0.6) is 0 Å². The quantitative estimate of drug-likeness (QED) is 0.810. The maximum atomic E-state index is 11.5. The van der Waals surface area contributed by atoms with Crippen molar-refractivity contribution >= 4 is 11.7 Å². The Morgan fingerprint density at radius 1 is 1.26 bits per heavy atom. The number of aryl methyl sites for hydroxylation is 1. The van der Waals surface area contributed by atoms with E-state index in [1.165, 1.54) is 12.8 Å². The van der Waals surface area contributed by atoms with Crippen LogP contribution in [0, 0.1) is 19.8 Å². The molecule has 7 nitrogen and oxygen atoms in total. The van der Waals surface area contributed by atoms with Gasteiger partial charge in [0.1, 0.15) is 5.82 Å². The molecule has 2 aromatic rings. The molecule has 7 heteroatoms. The Balaban J connectivity index is 1.50. The summed E-state index contributed by atoms with van der Waals surface area (Å²) in [6.45, 7) is 5.64. The smallest absolute Gasteiger partial charge is 0.286 e. The lowest BCUT2D eigenvalue weighted by molar-refractivity contribution is 0.0990. The van der Waals surface area contributed by atoms with Gasteiger partial charge in [0, 0.05) is 36.6 Å². The van der Waals surface area contributed by atoms with E-state index in [1.807, 2.05) is 26.1 Å². The van der Waals surface area contributed by atoms with Gasteiger partial charge in [-0.1, -0.05) is 6.07 Å². The van der Waals surface area contributed by atoms with Crippen LogP contribution in [-0.2, 0) is 0 Å². The topological polar surface area (TPSA) is 97.0 Å². The van der Waals surface area contributed by atoms with Gasteiger partial charge in [-0.2, -0.15) is 0 Å². The van der Waals surface area contributed by atoms with E-state index in [9.17, 15) is 4.79 Å². The summed E-state index contributed by atoms with van der Waals surface area (Å²) in [4.78, 5) is 27.0. The van der Waals surface area contributed by atoms with E-state index in [0.29, 0.717) is 18.0 Å². The Bertz CT molecular complexity index is 836. The average molecular weight is 366 g/mol. The first-order valence-corrected chi connectivity index (χ1v) is 9.60. The zero-order chi connectivity index (χ0) is 19.0. The van der Waals surface area contributed by atoms with Gasteiger partial charge >= 0.3 is 0 Å². The molecule has 1 saturated carbocycles. The molecule has 0 spiro atoms. The fourth-order valence-electron chi connectivity index (χ4n) is 3.83. The summed E-state index contributed by atoms with van der Waals surface area (Å²) in [5.41, 5.74) is 8.33. The number of nitrogens with zero attached hydrogens (tertiary/aromatic N) is 4. The third kappa shape index (κ3) is 3.78. The summed E-state index contributed by atoms with van der Waals surface area (Å²) < 4.78 is 0. The van der Waals surface area contributed by atoms with Crippen LogP contribution in [-0.4, -0.2) is 40.0 Å². The predicted molar refractivity (Wildman–Crippen MR) is 103 cm³/mol. The maximum Gasteiger partial charge on any atom is 0.286 e. The molecule has 2 aromatic heterocycles. The Kier molecular flexibility index (Phi) is 4.78. The minimum atomic E-state index is -0.586. The third-order valence-electron chi connectivity index (χ3n) is 5.59. The molecule has 1 aliphatic heterocycles. The van der Waals surface area contributed by atoms with E-state index in [0.717, 1.165) is 42.3 Å². The van der Waals surface area contributed by atoms with Crippen LogP contribution >= 0.6 is 0 Å². The summed E-state index contributed by atoms with van der Waals surface area (Å²) in [5.74, 6) is 1.01. The SMILES string of the molecule is Cc1nc(C(N)=O)nc(N2CC[C@@H](NC(c3ccccn3)C3CC3)C2)c1C. The number of carbonyl (C=O) groups excluding carboxylic acids is 1. The van der Waals surface area contributed by atoms with Gasteiger partial charge < -0.3 is 16.0 Å². The zero-order valence-corrected chi connectivity index (χ0v) is 15.9. The summed E-state index contributed by atoms with van der Waals surface area (Å²) >= 11 is 0. The van der Waals surface area contributed by atoms with E-state index in [1.54, 1.807) is 0 Å². The molecule has 1 aliphatic carbocycles. The summed E-state index contributed by atoms with van der Waals surface area (Å²) in [7, 11) is 0.